The molecule has 4 heteroatoms. The van der Waals surface area contributed by atoms with Crippen molar-refractivity contribution in [2.75, 3.05) is 0 Å². The molecule has 14 heavy (non-hydrogen) atoms. The lowest BCUT2D eigenvalue weighted by atomic mass is 10.4. The molecular formula is C10H14N4. The summed E-state index contributed by atoms with van der Waals surface area (Å²) in [5, 5.41) is 4.39. The van der Waals surface area contributed by atoms with Crippen LogP contribution in [0, 0.1) is 20.8 Å². The Balaban J connectivity index is 2.27. The minimum absolute atomic E-state index is 0.742. The van der Waals surface area contributed by atoms with E-state index in [0.717, 1.165) is 18.2 Å². The monoisotopic (exact) mass is 190 g/mol. The molecule has 2 heterocycles. The molecule has 0 saturated heterocycles. The minimum atomic E-state index is 0.742. The zero-order chi connectivity index (χ0) is 10.1. The zero-order valence-corrected chi connectivity index (χ0v) is 8.73. The lowest BCUT2D eigenvalue weighted by Crippen LogP contribution is -2.11. The SMILES string of the molecule is Cc1cc(C)n(Cn2ccnc2C)n1. The zero-order valence-electron chi connectivity index (χ0n) is 8.73. The number of nitrogens with zero attached hydrogens (tertiary/aromatic N) is 4. The first-order valence-corrected chi connectivity index (χ1v) is 4.65. The van der Waals surface area contributed by atoms with Crippen molar-refractivity contribution in [3.8, 4) is 0 Å². The van der Waals surface area contributed by atoms with Gasteiger partial charge in [0, 0.05) is 18.1 Å². The van der Waals surface area contributed by atoms with E-state index in [-0.39, 0.29) is 0 Å². The number of aromatic nitrogens is 4. The van der Waals surface area contributed by atoms with Gasteiger partial charge in [-0.3, -0.25) is 0 Å². The summed E-state index contributed by atoms with van der Waals surface area (Å²) in [7, 11) is 0. The molecular weight excluding hydrogens is 176 g/mol. The molecule has 0 aliphatic heterocycles. The third kappa shape index (κ3) is 1.55. The van der Waals surface area contributed by atoms with Crippen LogP contribution in [0.3, 0.4) is 0 Å². The van der Waals surface area contributed by atoms with Crippen molar-refractivity contribution in [3.05, 3.63) is 35.7 Å². The third-order valence-corrected chi connectivity index (χ3v) is 2.31. The summed E-state index contributed by atoms with van der Waals surface area (Å²) in [6.45, 7) is 6.80. The highest BCUT2D eigenvalue weighted by atomic mass is 15.3. The van der Waals surface area contributed by atoms with E-state index in [1.807, 2.05) is 24.7 Å². The van der Waals surface area contributed by atoms with Crippen LogP contribution in [0.25, 0.3) is 0 Å². The highest BCUT2D eigenvalue weighted by Crippen LogP contribution is 2.03. The minimum Gasteiger partial charge on any atom is -0.315 e. The summed E-state index contributed by atoms with van der Waals surface area (Å²) < 4.78 is 4.05. The first kappa shape index (κ1) is 8.99. The van der Waals surface area contributed by atoms with Crippen molar-refractivity contribution in [2.24, 2.45) is 0 Å². The van der Waals surface area contributed by atoms with Crippen molar-refractivity contribution in [3.63, 3.8) is 0 Å². The van der Waals surface area contributed by atoms with Crippen molar-refractivity contribution >= 4 is 0 Å². The van der Waals surface area contributed by atoms with Gasteiger partial charge in [-0.2, -0.15) is 5.10 Å². The topological polar surface area (TPSA) is 35.6 Å². The van der Waals surface area contributed by atoms with Gasteiger partial charge in [0.1, 0.15) is 12.5 Å². The fourth-order valence-electron chi connectivity index (χ4n) is 1.52. The molecule has 0 aliphatic carbocycles. The van der Waals surface area contributed by atoms with Crippen LogP contribution in [0.5, 0.6) is 0 Å². The van der Waals surface area contributed by atoms with E-state index in [1.165, 1.54) is 5.69 Å². The Morgan fingerprint density at radius 1 is 1.29 bits per heavy atom. The van der Waals surface area contributed by atoms with Gasteiger partial charge in [0.2, 0.25) is 0 Å². The molecule has 0 N–H and O–H groups in total. The highest BCUT2D eigenvalue weighted by Gasteiger charge is 2.02. The quantitative estimate of drug-likeness (QED) is 0.719. The van der Waals surface area contributed by atoms with Gasteiger partial charge in [-0.25, -0.2) is 9.67 Å². The van der Waals surface area contributed by atoms with E-state index in [0.29, 0.717) is 0 Å². The second-order valence-corrected chi connectivity index (χ2v) is 3.51. The molecule has 0 saturated carbocycles. The van der Waals surface area contributed by atoms with Crippen LogP contribution in [0.15, 0.2) is 18.5 Å². The second kappa shape index (κ2) is 3.29. The molecule has 0 radical (unpaired) electrons. The lowest BCUT2D eigenvalue weighted by molar-refractivity contribution is 0.523. The standard InChI is InChI=1S/C10H14N4/c1-8-6-9(2)14(12-8)7-13-5-4-11-10(13)3/h4-6H,7H2,1-3H3. The highest BCUT2D eigenvalue weighted by molar-refractivity contribution is 5.06. The van der Waals surface area contributed by atoms with E-state index in [9.17, 15) is 0 Å². The summed E-state index contributed by atoms with van der Waals surface area (Å²) in [5.74, 6) is 1.01. The predicted octanol–water partition coefficient (Wildman–Crippen LogP) is 1.51. The van der Waals surface area contributed by atoms with Crippen LogP contribution in [0.4, 0.5) is 0 Å². The molecule has 74 valence electrons. The van der Waals surface area contributed by atoms with E-state index < -0.39 is 0 Å². The van der Waals surface area contributed by atoms with E-state index in [4.69, 9.17) is 0 Å². The van der Waals surface area contributed by atoms with Crippen LogP contribution in [0.1, 0.15) is 17.2 Å². The summed E-state index contributed by atoms with van der Waals surface area (Å²) >= 11 is 0. The summed E-state index contributed by atoms with van der Waals surface area (Å²) in [6, 6.07) is 2.08. The fraction of sp³-hybridized carbons (Fsp3) is 0.400. The first-order valence-electron chi connectivity index (χ1n) is 4.65. The number of imidazole rings is 1. The Bertz CT molecular complexity index is 439. The normalized spacial score (nSPS) is 10.8. The molecule has 0 amide bonds. The van der Waals surface area contributed by atoms with Crippen molar-refractivity contribution in [1.29, 1.82) is 0 Å². The summed E-state index contributed by atoms with van der Waals surface area (Å²) in [5.41, 5.74) is 2.23. The van der Waals surface area contributed by atoms with Crippen molar-refractivity contribution in [2.45, 2.75) is 27.4 Å². The van der Waals surface area contributed by atoms with Crippen molar-refractivity contribution in [1.82, 2.24) is 19.3 Å². The van der Waals surface area contributed by atoms with Crippen LogP contribution in [-0.2, 0) is 6.67 Å². The Labute approximate surface area is 83.2 Å². The van der Waals surface area contributed by atoms with Crippen LogP contribution >= 0.6 is 0 Å². The molecule has 2 rings (SSSR count). The Morgan fingerprint density at radius 2 is 2.07 bits per heavy atom. The van der Waals surface area contributed by atoms with Gasteiger partial charge in [0.15, 0.2) is 0 Å². The average Bonchev–Trinajstić information content (AvgIpc) is 2.62. The van der Waals surface area contributed by atoms with Gasteiger partial charge >= 0.3 is 0 Å². The van der Waals surface area contributed by atoms with Crippen molar-refractivity contribution < 1.29 is 0 Å². The molecule has 0 bridgehead atoms. The Hall–Kier alpha value is -1.58. The molecule has 0 unspecified atom stereocenters. The maximum Gasteiger partial charge on any atom is 0.117 e. The van der Waals surface area contributed by atoms with Gasteiger partial charge in [-0.1, -0.05) is 0 Å². The van der Waals surface area contributed by atoms with Gasteiger partial charge in [-0.05, 0) is 26.8 Å². The van der Waals surface area contributed by atoms with Gasteiger partial charge in [0.25, 0.3) is 0 Å². The number of aryl methyl sites for hydroxylation is 3. The maximum atomic E-state index is 4.39. The second-order valence-electron chi connectivity index (χ2n) is 3.51. The molecule has 2 aromatic heterocycles. The Morgan fingerprint density at radius 3 is 2.57 bits per heavy atom. The molecule has 0 fully saturated rings. The molecule has 0 aliphatic rings. The number of hydrogen-bond donors (Lipinski definition) is 0. The smallest absolute Gasteiger partial charge is 0.117 e. The molecule has 0 spiro atoms. The molecule has 0 aromatic carbocycles. The fourth-order valence-corrected chi connectivity index (χ4v) is 1.52. The largest absolute Gasteiger partial charge is 0.315 e. The molecule has 2 aromatic rings. The van der Waals surface area contributed by atoms with Crippen LogP contribution < -0.4 is 0 Å². The third-order valence-electron chi connectivity index (χ3n) is 2.31. The number of hydrogen-bond acceptors (Lipinski definition) is 2. The predicted molar refractivity (Wildman–Crippen MR) is 54.1 cm³/mol. The summed E-state index contributed by atoms with van der Waals surface area (Å²) in [6.07, 6.45) is 3.77. The van der Waals surface area contributed by atoms with Gasteiger partial charge in [-0.15, -0.1) is 0 Å². The van der Waals surface area contributed by atoms with E-state index in [1.54, 1.807) is 6.20 Å². The van der Waals surface area contributed by atoms with E-state index >= 15 is 0 Å². The van der Waals surface area contributed by atoms with Gasteiger partial charge < -0.3 is 4.57 Å². The van der Waals surface area contributed by atoms with Crippen LogP contribution in [0.2, 0.25) is 0 Å². The number of rotatable bonds is 2. The average molecular weight is 190 g/mol. The van der Waals surface area contributed by atoms with E-state index in [2.05, 4.69) is 27.6 Å². The van der Waals surface area contributed by atoms with Crippen LogP contribution in [-0.4, -0.2) is 19.3 Å². The van der Waals surface area contributed by atoms with Gasteiger partial charge in [0.05, 0.1) is 5.69 Å². The first-order chi connectivity index (χ1) is 6.66. The molecule has 4 nitrogen and oxygen atoms in total. The lowest BCUT2D eigenvalue weighted by Gasteiger charge is -2.06. The summed E-state index contributed by atoms with van der Waals surface area (Å²) in [4.78, 5) is 4.17. The maximum absolute atomic E-state index is 4.39. The molecule has 0 atom stereocenters. The Kier molecular flexibility index (Phi) is 2.11.